The molecule has 0 saturated heterocycles. The maximum Gasteiger partial charge on any atom is 0.175 e. The van der Waals surface area contributed by atoms with Crippen molar-refractivity contribution in [3.05, 3.63) is 71.1 Å². The topological polar surface area (TPSA) is 86.8 Å². The van der Waals surface area contributed by atoms with Crippen molar-refractivity contribution in [2.45, 2.75) is 47.3 Å². The molecule has 3 heterocycles. The predicted octanol–water partition coefficient (Wildman–Crippen LogP) is 4.14. The van der Waals surface area contributed by atoms with E-state index in [-0.39, 0.29) is 0 Å². The number of rotatable bonds is 8. The molecule has 4 aromatic rings. The van der Waals surface area contributed by atoms with Crippen molar-refractivity contribution in [3.63, 3.8) is 0 Å². The molecule has 2 N–H and O–H groups in total. The van der Waals surface area contributed by atoms with E-state index in [4.69, 9.17) is 22.1 Å². The number of hydrogen-bond acceptors (Lipinski definition) is 5. The molecule has 9 nitrogen and oxygen atoms in total. The number of aromatic nitrogens is 6. The van der Waals surface area contributed by atoms with Crippen LogP contribution in [-0.4, -0.2) is 41.6 Å². The van der Waals surface area contributed by atoms with Gasteiger partial charge in [0, 0.05) is 24.0 Å². The Labute approximate surface area is 204 Å². The summed E-state index contributed by atoms with van der Waals surface area (Å²) in [7, 11) is 1.67. The molecule has 0 bridgehead atoms. The fourth-order valence-corrected chi connectivity index (χ4v) is 4.12. The summed E-state index contributed by atoms with van der Waals surface area (Å²) in [6.45, 7) is 10.3. The van der Waals surface area contributed by atoms with Crippen LogP contribution in [0.5, 0.6) is 5.75 Å². The van der Waals surface area contributed by atoms with Crippen LogP contribution < -0.4 is 15.4 Å². The lowest BCUT2D eigenvalue weighted by atomic mass is 10.2. The first kappa shape index (κ1) is 23.5. The molecular formula is C24H30N8OS. The molecule has 10 heteroatoms. The van der Waals surface area contributed by atoms with Gasteiger partial charge in [0.25, 0.3) is 0 Å². The molecule has 0 spiro atoms. The van der Waals surface area contributed by atoms with Crippen LogP contribution in [0.4, 0.5) is 11.4 Å². The summed E-state index contributed by atoms with van der Waals surface area (Å²) in [6.07, 6.45) is 5.59. The standard InChI is InChI=1S/C24H30N8OS/c1-6-31-17(3)20(11-26-31)14-30-15-21(12-25-30)27-24(34)28-23-16(2)29-32(18(23)4)13-19-8-7-9-22(10-19)33-5/h7-12,15H,6,13-14H2,1-5H3,(H2,27,28,34). The van der Waals surface area contributed by atoms with Gasteiger partial charge in [-0.1, -0.05) is 12.1 Å². The van der Waals surface area contributed by atoms with E-state index < -0.39 is 0 Å². The molecule has 0 unspecified atom stereocenters. The van der Waals surface area contributed by atoms with Gasteiger partial charge >= 0.3 is 0 Å². The average Bonchev–Trinajstić information content (AvgIpc) is 3.49. The molecule has 4 rings (SSSR count). The van der Waals surface area contributed by atoms with Crippen molar-refractivity contribution in [1.82, 2.24) is 29.3 Å². The molecule has 3 aromatic heterocycles. The predicted molar refractivity (Wildman–Crippen MR) is 138 cm³/mol. The molecule has 0 aliphatic rings. The van der Waals surface area contributed by atoms with Gasteiger partial charge in [-0.15, -0.1) is 0 Å². The van der Waals surface area contributed by atoms with E-state index in [9.17, 15) is 0 Å². The highest BCUT2D eigenvalue weighted by molar-refractivity contribution is 7.80. The second kappa shape index (κ2) is 10.1. The van der Waals surface area contributed by atoms with Gasteiger partial charge in [-0.05, 0) is 57.6 Å². The third kappa shape index (κ3) is 5.12. The van der Waals surface area contributed by atoms with Crippen LogP contribution in [0.1, 0.15) is 35.1 Å². The summed E-state index contributed by atoms with van der Waals surface area (Å²) in [4.78, 5) is 0. The van der Waals surface area contributed by atoms with Crippen molar-refractivity contribution in [2.24, 2.45) is 0 Å². The third-order valence-electron chi connectivity index (χ3n) is 5.81. The number of benzene rings is 1. The number of thiocarbonyl (C=S) groups is 1. The Kier molecular flexibility index (Phi) is 6.97. The molecule has 0 aliphatic carbocycles. The first-order valence-corrected chi connectivity index (χ1v) is 11.6. The van der Waals surface area contributed by atoms with E-state index >= 15 is 0 Å². The zero-order valence-corrected chi connectivity index (χ0v) is 21.0. The number of nitrogens with zero attached hydrogens (tertiary/aromatic N) is 6. The summed E-state index contributed by atoms with van der Waals surface area (Å²) in [5.41, 5.74) is 7.01. The lowest BCUT2D eigenvalue weighted by Crippen LogP contribution is -2.19. The molecular weight excluding hydrogens is 448 g/mol. The number of ether oxygens (including phenoxy) is 1. The van der Waals surface area contributed by atoms with E-state index in [1.165, 1.54) is 0 Å². The van der Waals surface area contributed by atoms with Crippen molar-refractivity contribution >= 4 is 28.7 Å². The zero-order chi connectivity index (χ0) is 24.2. The lowest BCUT2D eigenvalue weighted by Gasteiger charge is -2.10. The number of aryl methyl sites for hydroxylation is 2. The summed E-state index contributed by atoms with van der Waals surface area (Å²) in [5, 5.41) is 20.5. The van der Waals surface area contributed by atoms with Gasteiger partial charge in [0.05, 0.1) is 55.4 Å². The Morgan fingerprint density at radius 3 is 2.59 bits per heavy atom. The normalized spacial score (nSPS) is 11.0. The van der Waals surface area contributed by atoms with Crippen molar-refractivity contribution < 1.29 is 4.74 Å². The van der Waals surface area contributed by atoms with E-state index in [1.807, 2.05) is 58.5 Å². The van der Waals surface area contributed by atoms with Crippen LogP contribution in [-0.2, 0) is 19.6 Å². The first-order valence-electron chi connectivity index (χ1n) is 11.2. The molecule has 0 atom stereocenters. The molecule has 0 fully saturated rings. The van der Waals surface area contributed by atoms with Gasteiger partial charge in [0.1, 0.15) is 5.75 Å². The quantitative estimate of drug-likeness (QED) is 0.368. The molecule has 0 amide bonds. The maximum atomic E-state index is 5.56. The second-order valence-corrected chi connectivity index (χ2v) is 8.54. The average molecular weight is 479 g/mol. The largest absolute Gasteiger partial charge is 0.497 e. The Morgan fingerprint density at radius 2 is 1.85 bits per heavy atom. The molecule has 0 saturated carbocycles. The second-order valence-electron chi connectivity index (χ2n) is 8.13. The van der Waals surface area contributed by atoms with E-state index in [1.54, 1.807) is 13.3 Å². The molecule has 178 valence electrons. The summed E-state index contributed by atoms with van der Waals surface area (Å²) in [5.74, 6) is 0.831. The maximum absolute atomic E-state index is 5.56. The Bertz CT molecular complexity index is 1300. The van der Waals surface area contributed by atoms with Crippen LogP contribution in [0.2, 0.25) is 0 Å². The monoisotopic (exact) mass is 478 g/mol. The van der Waals surface area contributed by atoms with Gasteiger partial charge in [0.15, 0.2) is 5.11 Å². The molecule has 0 radical (unpaired) electrons. The van der Waals surface area contributed by atoms with Crippen LogP contribution in [0.25, 0.3) is 0 Å². The van der Waals surface area contributed by atoms with Gasteiger partial charge in [-0.25, -0.2) is 0 Å². The van der Waals surface area contributed by atoms with Crippen molar-refractivity contribution in [1.29, 1.82) is 0 Å². The molecule has 1 aromatic carbocycles. The smallest absolute Gasteiger partial charge is 0.175 e. The van der Waals surface area contributed by atoms with Gasteiger partial charge in [0.2, 0.25) is 0 Å². The minimum Gasteiger partial charge on any atom is -0.497 e. The minimum atomic E-state index is 0.488. The Morgan fingerprint density at radius 1 is 1.03 bits per heavy atom. The van der Waals surface area contributed by atoms with Crippen molar-refractivity contribution in [3.8, 4) is 5.75 Å². The van der Waals surface area contributed by atoms with E-state index in [0.717, 1.165) is 51.9 Å². The third-order valence-corrected chi connectivity index (χ3v) is 6.02. The van der Waals surface area contributed by atoms with Crippen molar-refractivity contribution in [2.75, 3.05) is 17.7 Å². The molecule has 34 heavy (non-hydrogen) atoms. The van der Waals surface area contributed by atoms with Crippen LogP contribution in [0, 0.1) is 20.8 Å². The summed E-state index contributed by atoms with van der Waals surface area (Å²) < 4.78 is 11.1. The number of methoxy groups -OCH3 is 1. The summed E-state index contributed by atoms with van der Waals surface area (Å²) in [6, 6.07) is 7.99. The van der Waals surface area contributed by atoms with Gasteiger partial charge < -0.3 is 15.4 Å². The first-order chi connectivity index (χ1) is 16.4. The highest BCUT2D eigenvalue weighted by Crippen LogP contribution is 2.22. The summed E-state index contributed by atoms with van der Waals surface area (Å²) >= 11 is 5.56. The SMILES string of the molecule is CCn1ncc(Cn2cc(NC(=S)Nc3c(C)nn(Cc4cccc(OC)c4)c3C)cn2)c1C. The fraction of sp³-hybridized carbons (Fsp3) is 0.333. The Balaban J connectivity index is 1.40. The Hall–Kier alpha value is -3.66. The van der Waals surface area contributed by atoms with E-state index in [0.29, 0.717) is 18.2 Å². The van der Waals surface area contributed by atoms with Crippen LogP contribution >= 0.6 is 12.2 Å². The van der Waals surface area contributed by atoms with Crippen LogP contribution in [0.15, 0.2) is 42.9 Å². The fourth-order valence-electron chi connectivity index (χ4n) is 3.90. The number of anilines is 2. The lowest BCUT2D eigenvalue weighted by molar-refractivity contribution is 0.414. The number of hydrogen-bond donors (Lipinski definition) is 2. The highest BCUT2D eigenvalue weighted by Gasteiger charge is 2.14. The zero-order valence-electron chi connectivity index (χ0n) is 20.2. The molecule has 0 aliphatic heterocycles. The number of nitrogens with one attached hydrogen (secondary N) is 2. The van der Waals surface area contributed by atoms with Gasteiger partial charge in [-0.2, -0.15) is 15.3 Å². The van der Waals surface area contributed by atoms with E-state index in [2.05, 4.69) is 40.7 Å². The minimum absolute atomic E-state index is 0.488. The highest BCUT2D eigenvalue weighted by atomic mass is 32.1. The van der Waals surface area contributed by atoms with Crippen LogP contribution in [0.3, 0.4) is 0 Å². The van der Waals surface area contributed by atoms with Gasteiger partial charge in [-0.3, -0.25) is 14.0 Å².